The molecule has 0 atom stereocenters. The minimum absolute atomic E-state index is 0.0700. The van der Waals surface area contributed by atoms with E-state index in [0.717, 1.165) is 5.56 Å². The molecule has 0 radical (unpaired) electrons. The molecule has 0 aliphatic rings. The van der Waals surface area contributed by atoms with Crippen LogP contribution in [0.1, 0.15) is 21.8 Å². The molecule has 1 aromatic carbocycles. The zero-order valence-corrected chi connectivity index (χ0v) is 13.1. The normalized spacial score (nSPS) is 10.2. The number of aromatic nitrogens is 1. The predicted octanol–water partition coefficient (Wildman–Crippen LogP) is 1.22. The molecule has 0 saturated heterocycles. The molecule has 0 fully saturated rings. The van der Waals surface area contributed by atoms with Gasteiger partial charge in [0.25, 0.3) is 11.8 Å². The van der Waals surface area contributed by atoms with Gasteiger partial charge in [0.2, 0.25) is 0 Å². The SMILES string of the molecule is Cc1ccc(OCC(=O)NCCNC(=O)c2cc(C)on2)cc1. The van der Waals surface area contributed by atoms with E-state index in [-0.39, 0.29) is 24.1 Å². The molecule has 0 spiro atoms. The second-order valence-electron chi connectivity index (χ2n) is 5.03. The summed E-state index contributed by atoms with van der Waals surface area (Å²) in [6.45, 7) is 4.21. The molecule has 0 saturated carbocycles. The van der Waals surface area contributed by atoms with Gasteiger partial charge < -0.3 is 19.9 Å². The standard InChI is InChI=1S/C16H19N3O4/c1-11-3-5-13(6-4-11)22-10-15(20)17-7-8-18-16(21)14-9-12(2)23-19-14/h3-6,9H,7-8,10H2,1-2H3,(H,17,20)(H,18,21). The van der Waals surface area contributed by atoms with Gasteiger partial charge in [-0.15, -0.1) is 0 Å². The van der Waals surface area contributed by atoms with Gasteiger partial charge in [-0.3, -0.25) is 9.59 Å². The van der Waals surface area contributed by atoms with Gasteiger partial charge >= 0.3 is 0 Å². The molecule has 1 aromatic heterocycles. The average Bonchev–Trinajstić information content (AvgIpc) is 2.97. The Hall–Kier alpha value is -2.83. The lowest BCUT2D eigenvalue weighted by Crippen LogP contribution is -2.36. The predicted molar refractivity (Wildman–Crippen MR) is 83.3 cm³/mol. The van der Waals surface area contributed by atoms with Gasteiger partial charge in [0.1, 0.15) is 11.5 Å². The number of carbonyl (C=O) groups excluding carboxylic acids is 2. The van der Waals surface area contributed by atoms with Crippen molar-refractivity contribution in [2.75, 3.05) is 19.7 Å². The number of aryl methyl sites for hydroxylation is 2. The Morgan fingerprint density at radius 3 is 2.48 bits per heavy atom. The maximum atomic E-state index is 11.7. The molecule has 2 N–H and O–H groups in total. The molecule has 122 valence electrons. The molecule has 23 heavy (non-hydrogen) atoms. The van der Waals surface area contributed by atoms with Crippen LogP contribution >= 0.6 is 0 Å². The molecule has 0 bridgehead atoms. The minimum atomic E-state index is -0.341. The van der Waals surface area contributed by atoms with Crippen molar-refractivity contribution in [2.24, 2.45) is 0 Å². The Morgan fingerprint density at radius 2 is 1.83 bits per heavy atom. The van der Waals surface area contributed by atoms with Gasteiger partial charge in [0, 0.05) is 19.2 Å². The zero-order chi connectivity index (χ0) is 16.7. The van der Waals surface area contributed by atoms with E-state index >= 15 is 0 Å². The molecule has 7 heteroatoms. The van der Waals surface area contributed by atoms with Crippen molar-refractivity contribution in [1.82, 2.24) is 15.8 Å². The Kier molecular flexibility index (Phi) is 5.74. The van der Waals surface area contributed by atoms with Crippen molar-refractivity contribution in [3.63, 3.8) is 0 Å². The Morgan fingerprint density at radius 1 is 1.13 bits per heavy atom. The number of hydrogen-bond donors (Lipinski definition) is 2. The molecule has 0 unspecified atom stereocenters. The lowest BCUT2D eigenvalue weighted by atomic mass is 10.2. The van der Waals surface area contributed by atoms with Crippen molar-refractivity contribution < 1.29 is 18.8 Å². The van der Waals surface area contributed by atoms with E-state index in [1.54, 1.807) is 13.0 Å². The number of nitrogens with one attached hydrogen (secondary N) is 2. The van der Waals surface area contributed by atoms with E-state index in [4.69, 9.17) is 9.26 Å². The fourth-order valence-corrected chi connectivity index (χ4v) is 1.78. The summed E-state index contributed by atoms with van der Waals surface area (Å²) in [5.74, 6) is 0.612. The van der Waals surface area contributed by atoms with Crippen LogP contribution in [0.5, 0.6) is 5.75 Å². The molecular weight excluding hydrogens is 298 g/mol. The van der Waals surface area contributed by atoms with Crippen LogP contribution in [0.2, 0.25) is 0 Å². The lowest BCUT2D eigenvalue weighted by molar-refractivity contribution is -0.123. The summed E-state index contributed by atoms with van der Waals surface area (Å²) in [5, 5.41) is 8.89. The van der Waals surface area contributed by atoms with Crippen LogP contribution in [0, 0.1) is 13.8 Å². The molecule has 2 aromatic rings. The second kappa shape index (κ2) is 7.98. The number of hydrogen-bond acceptors (Lipinski definition) is 5. The topological polar surface area (TPSA) is 93.5 Å². The second-order valence-corrected chi connectivity index (χ2v) is 5.03. The first-order valence-electron chi connectivity index (χ1n) is 7.22. The summed E-state index contributed by atoms with van der Waals surface area (Å²) < 4.78 is 10.2. The van der Waals surface area contributed by atoms with Crippen molar-refractivity contribution >= 4 is 11.8 Å². The molecule has 2 amide bonds. The minimum Gasteiger partial charge on any atom is -0.484 e. The molecule has 1 heterocycles. The summed E-state index contributed by atoms with van der Waals surface area (Å²) in [6.07, 6.45) is 0. The fourth-order valence-electron chi connectivity index (χ4n) is 1.78. The van der Waals surface area contributed by atoms with E-state index in [9.17, 15) is 9.59 Å². The van der Waals surface area contributed by atoms with Crippen molar-refractivity contribution in [3.8, 4) is 5.75 Å². The van der Waals surface area contributed by atoms with Gasteiger partial charge in [0.05, 0.1) is 0 Å². The Balaban J connectivity index is 1.61. The Labute approximate surface area is 134 Å². The van der Waals surface area contributed by atoms with Crippen LogP contribution in [-0.4, -0.2) is 36.7 Å². The molecular formula is C16H19N3O4. The number of amides is 2. The van der Waals surface area contributed by atoms with Gasteiger partial charge in [0.15, 0.2) is 12.3 Å². The van der Waals surface area contributed by atoms with E-state index in [1.807, 2.05) is 31.2 Å². The summed E-state index contributed by atoms with van der Waals surface area (Å²) in [5.41, 5.74) is 1.34. The van der Waals surface area contributed by atoms with Crippen molar-refractivity contribution in [3.05, 3.63) is 47.3 Å². The highest BCUT2D eigenvalue weighted by atomic mass is 16.5. The van der Waals surface area contributed by atoms with Crippen LogP contribution < -0.4 is 15.4 Å². The van der Waals surface area contributed by atoms with E-state index in [0.29, 0.717) is 24.6 Å². The number of ether oxygens (including phenoxy) is 1. The van der Waals surface area contributed by atoms with Crippen LogP contribution in [0.25, 0.3) is 0 Å². The third-order valence-corrected chi connectivity index (χ3v) is 2.98. The lowest BCUT2D eigenvalue weighted by Gasteiger charge is -2.08. The number of nitrogens with zero attached hydrogens (tertiary/aromatic N) is 1. The summed E-state index contributed by atoms with van der Waals surface area (Å²) in [7, 11) is 0. The highest BCUT2D eigenvalue weighted by Gasteiger charge is 2.10. The zero-order valence-electron chi connectivity index (χ0n) is 13.1. The summed E-state index contributed by atoms with van der Waals surface area (Å²) in [6, 6.07) is 8.98. The third-order valence-electron chi connectivity index (χ3n) is 2.98. The third kappa shape index (κ3) is 5.46. The maximum absolute atomic E-state index is 11.7. The molecule has 0 aliphatic heterocycles. The van der Waals surface area contributed by atoms with E-state index in [1.165, 1.54) is 0 Å². The van der Waals surface area contributed by atoms with E-state index < -0.39 is 0 Å². The monoisotopic (exact) mass is 317 g/mol. The van der Waals surface area contributed by atoms with Gasteiger partial charge in [-0.2, -0.15) is 0 Å². The smallest absolute Gasteiger partial charge is 0.273 e. The highest BCUT2D eigenvalue weighted by Crippen LogP contribution is 2.10. The maximum Gasteiger partial charge on any atom is 0.273 e. The van der Waals surface area contributed by atoms with Gasteiger partial charge in [-0.25, -0.2) is 0 Å². The first-order valence-corrected chi connectivity index (χ1v) is 7.22. The number of carbonyl (C=O) groups is 2. The van der Waals surface area contributed by atoms with Crippen LogP contribution in [-0.2, 0) is 4.79 Å². The first kappa shape index (κ1) is 16.5. The largest absolute Gasteiger partial charge is 0.484 e. The quantitative estimate of drug-likeness (QED) is 0.749. The van der Waals surface area contributed by atoms with Gasteiger partial charge in [-0.05, 0) is 26.0 Å². The Bertz CT molecular complexity index is 664. The van der Waals surface area contributed by atoms with Crippen LogP contribution in [0.15, 0.2) is 34.9 Å². The highest BCUT2D eigenvalue weighted by molar-refractivity contribution is 5.92. The molecule has 0 aliphatic carbocycles. The van der Waals surface area contributed by atoms with Gasteiger partial charge in [-0.1, -0.05) is 22.9 Å². The molecule has 7 nitrogen and oxygen atoms in total. The van der Waals surface area contributed by atoms with Crippen LogP contribution in [0.3, 0.4) is 0 Å². The summed E-state index contributed by atoms with van der Waals surface area (Å²) in [4.78, 5) is 23.3. The number of rotatable bonds is 7. The average molecular weight is 317 g/mol. The first-order chi connectivity index (χ1) is 11.0. The van der Waals surface area contributed by atoms with Crippen molar-refractivity contribution in [1.29, 1.82) is 0 Å². The molecule has 2 rings (SSSR count). The van der Waals surface area contributed by atoms with Crippen LogP contribution in [0.4, 0.5) is 0 Å². The van der Waals surface area contributed by atoms with Crippen molar-refractivity contribution in [2.45, 2.75) is 13.8 Å². The number of benzene rings is 1. The summed E-state index contributed by atoms with van der Waals surface area (Å²) >= 11 is 0. The van der Waals surface area contributed by atoms with E-state index in [2.05, 4.69) is 15.8 Å². The fraction of sp³-hybridized carbons (Fsp3) is 0.312.